The van der Waals surface area contributed by atoms with Gasteiger partial charge in [0.15, 0.2) is 9.84 Å². The van der Waals surface area contributed by atoms with Crippen molar-refractivity contribution in [2.24, 2.45) is 5.92 Å². The van der Waals surface area contributed by atoms with Crippen LogP contribution in [0.25, 0.3) is 11.1 Å². The summed E-state index contributed by atoms with van der Waals surface area (Å²) in [7, 11) is -3.39. The van der Waals surface area contributed by atoms with E-state index in [1.807, 2.05) is 12.4 Å². The maximum atomic E-state index is 14.7. The summed E-state index contributed by atoms with van der Waals surface area (Å²) in [5, 5.41) is 0. The zero-order valence-electron chi connectivity index (χ0n) is 18.8. The second-order valence-electron chi connectivity index (χ2n) is 8.58. The zero-order chi connectivity index (χ0) is 24.0. The van der Waals surface area contributed by atoms with E-state index in [4.69, 9.17) is 4.74 Å². The quantitative estimate of drug-likeness (QED) is 0.469. The molecule has 3 aromatic rings. The molecule has 1 aliphatic carbocycles. The molecule has 1 aromatic heterocycles. The number of hydrogen-bond acceptors (Lipinski definition) is 6. The van der Waals surface area contributed by atoms with Crippen LogP contribution in [0.1, 0.15) is 12.5 Å². The van der Waals surface area contributed by atoms with Gasteiger partial charge in [0, 0.05) is 49.8 Å². The minimum atomic E-state index is -3.39. The van der Waals surface area contributed by atoms with Crippen LogP contribution in [0.5, 0.6) is 5.75 Å². The van der Waals surface area contributed by atoms with E-state index in [1.165, 1.54) is 29.8 Å². The molecular formula is C25H23F2N3O3S. The Labute approximate surface area is 196 Å². The van der Waals surface area contributed by atoms with E-state index >= 15 is 0 Å². The smallest absolute Gasteiger partial charge is 0.225 e. The number of aromatic nitrogens is 2. The molecule has 0 bridgehead atoms. The van der Waals surface area contributed by atoms with Gasteiger partial charge in [-0.2, -0.15) is 0 Å². The maximum Gasteiger partial charge on any atom is 0.225 e. The molecule has 2 heterocycles. The summed E-state index contributed by atoms with van der Waals surface area (Å²) in [6.07, 6.45) is 5.66. The lowest BCUT2D eigenvalue weighted by Gasteiger charge is -2.17. The summed E-state index contributed by atoms with van der Waals surface area (Å²) < 4.78 is 58.3. The van der Waals surface area contributed by atoms with Crippen molar-refractivity contribution in [1.29, 1.82) is 0 Å². The van der Waals surface area contributed by atoms with Crippen LogP contribution >= 0.6 is 0 Å². The Morgan fingerprint density at radius 3 is 2.26 bits per heavy atom. The van der Waals surface area contributed by atoms with E-state index in [-0.39, 0.29) is 28.4 Å². The normalized spacial score (nSPS) is 17.2. The van der Waals surface area contributed by atoms with Gasteiger partial charge in [0.05, 0.1) is 10.5 Å². The van der Waals surface area contributed by atoms with Crippen LogP contribution in [0, 0.1) is 17.6 Å². The number of fused-ring (bicyclic) bond motifs is 1. The first-order valence-electron chi connectivity index (χ1n) is 10.9. The van der Waals surface area contributed by atoms with Crippen molar-refractivity contribution in [3.05, 3.63) is 77.1 Å². The Balaban J connectivity index is 1.24. The summed E-state index contributed by atoms with van der Waals surface area (Å²) in [4.78, 5) is 11.0. The van der Waals surface area contributed by atoms with Crippen LogP contribution in [0.4, 0.5) is 14.7 Å². The molecule has 0 saturated carbocycles. The van der Waals surface area contributed by atoms with E-state index in [0.717, 1.165) is 49.0 Å². The fourth-order valence-electron chi connectivity index (χ4n) is 4.28. The molecule has 0 amide bonds. The van der Waals surface area contributed by atoms with Crippen LogP contribution in [0.2, 0.25) is 0 Å². The number of ether oxygens (including phenoxy) is 1. The van der Waals surface area contributed by atoms with Gasteiger partial charge in [0.25, 0.3) is 0 Å². The molecule has 1 unspecified atom stereocenters. The summed E-state index contributed by atoms with van der Waals surface area (Å²) in [5.41, 5.74) is 3.56. The fourth-order valence-corrected chi connectivity index (χ4v) is 4.91. The third-order valence-electron chi connectivity index (χ3n) is 6.30. The Morgan fingerprint density at radius 2 is 1.74 bits per heavy atom. The Kier molecular flexibility index (Phi) is 5.59. The van der Waals surface area contributed by atoms with Gasteiger partial charge in [0.2, 0.25) is 5.95 Å². The summed E-state index contributed by atoms with van der Waals surface area (Å²) in [5.74, 6) is -0.414. The Morgan fingerprint density at radius 1 is 1.09 bits per heavy atom. The molecule has 0 N–H and O–H groups in total. The highest BCUT2D eigenvalue weighted by atomic mass is 32.2. The maximum absolute atomic E-state index is 14.7. The second kappa shape index (κ2) is 8.47. The molecule has 1 fully saturated rings. The van der Waals surface area contributed by atoms with Crippen molar-refractivity contribution in [1.82, 2.24) is 9.97 Å². The molecule has 9 heteroatoms. The first kappa shape index (κ1) is 22.5. The standard InChI is InChI=1S/C25H23F2N3O3S/c1-3-15-10-28-25(29-11-15)30-12-19-20(13-30)21(19)14-33-17-8-22(26)24(23(27)9-17)16-4-6-18(7-5-16)34(2,31)32/h4-11,19H,3,12-14H2,1-2H3. The fraction of sp³-hybridized carbons (Fsp3) is 0.280. The molecule has 0 radical (unpaired) electrons. The molecule has 1 aliphatic heterocycles. The third kappa shape index (κ3) is 4.27. The van der Waals surface area contributed by atoms with Crippen LogP contribution in [-0.2, 0) is 16.3 Å². The van der Waals surface area contributed by atoms with E-state index in [9.17, 15) is 17.2 Å². The Bertz CT molecular complexity index is 1360. The van der Waals surface area contributed by atoms with Crippen LogP contribution in [-0.4, -0.2) is 44.3 Å². The average molecular weight is 484 g/mol. The number of hydrogen-bond donors (Lipinski definition) is 0. The van der Waals surface area contributed by atoms with Gasteiger partial charge in [-0.1, -0.05) is 19.1 Å². The van der Waals surface area contributed by atoms with Gasteiger partial charge < -0.3 is 9.64 Å². The van der Waals surface area contributed by atoms with Gasteiger partial charge in [0.1, 0.15) is 24.0 Å². The SMILES string of the molecule is CCc1cnc(N2CC3=C(COc4cc(F)c(-c5ccc(S(C)(=O)=O)cc5)c(F)c4)C3C2)nc1. The lowest BCUT2D eigenvalue weighted by molar-refractivity contribution is 0.347. The second-order valence-corrected chi connectivity index (χ2v) is 10.6. The van der Waals surface area contributed by atoms with Crippen LogP contribution in [0.3, 0.4) is 0 Å². The molecule has 5 rings (SSSR count). The van der Waals surface area contributed by atoms with Gasteiger partial charge in [-0.05, 0) is 40.8 Å². The van der Waals surface area contributed by atoms with Gasteiger partial charge in [-0.3, -0.25) is 0 Å². The number of anilines is 1. The van der Waals surface area contributed by atoms with Crippen molar-refractivity contribution in [3.8, 4) is 16.9 Å². The molecule has 176 valence electrons. The van der Waals surface area contributed by atoms with Gasteiger partial charge in [-0.15, -0.1) is 0 Å². The van der Waals surface area contributed by atoms with Crippen molar-refractivity contribution >= 4 is 15.8 Å². The van der Waals surface area contributed by atoms with Crippen LogP contribution < -0.4 is 9.64 Å². The number of halogens is 2. The van der Waals surface area contributed by atoms with E-state index in [1.54, 1.807) is 0 Å². The van der Waals surface area contributed by atoms with Crippen molar-refractivity contribution in [3.63, 3.8) is 0 Å². The largest absolute Gasteiger partial charge is 0.489 e. The van der Waals surface area contributed by atoms with Gasteiger partial charge >= 0.3 is 0 Å². The summed E-state index contributed by atoms with van der Waals surface area (Å²) in [6.45, 7) is 3.86. The molecule has 6 nitrogen and oxygen atoms in total. The topological polar surface area (TPSA) is 72.4 Å². The molecule has 1 atom stereocenters. The lowest BCUT2D eigenvalue weighted by atomic mass is 10.0. The predicted molar refractivity (Wildman–Crippen MR) is 125 cm³/mol. The third-order valence-corrected chi connectivity index (χ3v) is 7.43. The van der Waals surface area contributed by atoms with Gasteiger partial charge in [-0.25, -0.2) is 27.2 Å². The summed E-state index contributed by atoms with van der Waals surface area (Å²) >= 11 is 0. The number of rotatable bonds is 7. The molecule has 34 heavy (non-hydrogen) atoms. The molecular weight excluding hydrogens is 460 g/mol. The number of aryl methyl sites for hydroxylation is 1. The lowest BCUT2D eigenvalue weighted by Crippen LogP contribution is -2.24. The van der Waals surface area contributed by atoms with Crippen molar-refractivity contribution in [2.45, 2.75) is 18.2 Å². The molecule has 2 aliphatic rings. The first-order valence-corrected chi connectivity index (χ1v) is 12.8. The highest BCUT2D eigenvalue weighted by molar-refractivity contribution is 7.90. The van der Waals surface area contributed by atoms with Crippen molar-refractivity contribution in [2.75, 3.05) is 30.9 Å². The minimum absolute atomic E-state index is 0.0876. The summed E-state index contributed by atoms with van der Waals surface area (Å²) in [6, 6.07) is 7.76. The Hall–Kier alpha value is -3.33. The van der Waals surface area contributed by atoms with E-state index < -0.39 is 21.5 Å². The minimum Gasteiger partial charge on any atom is -0.489 e. The first-order chi connectivity index (χ1) is 16.2. The number of nitrogens with zero attached hydrogens (tertiary/aromatic N) is 3. The number of sulfone groups is 1. The van der Waals surface area contributed by atoms with Crippen LogP contribution in [0.15, 0.2) is 64.8 Å². The zero-order valence-corrected chi connectivity index (χ0v) is 19.6. The predicted octanol–water partition coefficient (Wildman–Crippen LogP) is 4.21. The highest BCUT2D eigenvalue weighted by Gasteiger charge is 2.44. The van der Waals surface area contributed by atoms with E-state index in [2.05, 4.69) is 21.8 Å². The monoisotopic (exact) mass is 483 g/mol. The molecule has 1 saturated heterocycles. The highest BCUT2D eigenvalue weighted by Crippen LogP contribution is 2.46. The molecule has 0 spiro atoms. The average Bonchev–Trinajstić information content (AvgIpc) is 3.25. The van der Waals surface area contributed by atoms with Crippen molar-refractivity contribution < 1.29 is 21.9 Å². The molecule has 2 aromatic carbocycles. The number of benzene rings is 2. The van der Waals surface area contributed by atoms with E-state index in [0.29, 0.717) is 11.9 Å².